The molecule has 0 spiro atoms. The summed E-state index contributed by atoms with van der Waals surface area (Å²) in [5.74, 6) is 0.378. The summed E-state index contributed by atoms with van der Waals surface area (Å²) in [7, 11) is 0. The molecule has 0 saturated carbocycles. The fourth-order valence-electron chi connectivity index (χ4n) is 1.71. The van der Waals surface area contributed by atoms with Gasteiger partial charge >= 0.3 is 6.18 Å². The summed E-state index contributed by atoms with van der Waals surface area (Å²) in [6, 6.07) is -0.115. The van der Waals surface area contributed by atoms with Crippen molar-refractivity contribution in [3.63, 3.8) is 0 Å². The third kappa shape index (κ3) is 6.58. The van der Waals surface area contributed by atoms with Gasteiger partial charge in [0.15, 0.2) is 0 Å². The van der Waals surface area contributed by atoms with Gasteiger partial charge in [0.05, 0.1) is 23.1 Å². The van der Waals surface area contributed by atoms with Gasteiger partial charge in [-0.2, -0.15) is 13.2 Å². The molecule has 19 heavy (non-hydrogen) atoms. The molecular weight excluding hydrogens is 297 g/mol. The molecule has 2 nitrogen and oxygen atoms in total. The predicted molar refractivity (Wildman–Crippen MR) is 72.8 cm³/mol. The topological polar surface area (TPSA) is 16.1 Å². The second-order valence-corrected chi connectivity index (χ2v) is 5.86. The third-order valence-electron chi connectivity index (χ3n) is 2.68. The van der Waals surface area contributed by atoms with Gasteiger partial charge in [-0.25, -0.2) is 4.98 Å². The summed E-state index contributed by atoms with van der Waals surface area (Å²) in [6.45, 7) is 3.13. The minimum absolute atomic E-state index is 0.115. The molecule has 1 heterocycles. The lowest BCUT2D eigenvalue weighted by Gasteiger charge is -2.27. The first-order chi connectivity index (χ1) is 8.81. The Bertz CT molecular complexity index is 379. The fourth-order valence-corrected chi connectivity index (χ4v) is 2.78. The standard InChI is InChI=1S/C12H18ClF3N2S/c1-9(2)18(8-12(14,15)16)5-3-4-11-17-10(6-13)7-19-11/h7,9H,3-6,8H2,1-2H3. The highest BCUT2D eigenvalue weighted by molar-refractivity contribution is 7.09. The third-order valence-corrected chi connectivity index (χ3v) is 3.92. The van der Waals surface area contributed by atoms with Crippen LogP contribution in [0.15, 0.2) is 5.38 Å². The second kappa shape index (κ2) is 7.45. The van der Waals surface area contributed by atoms with Crippen LogP contribution in [0.2, 0.25) is 0 Å². The van der Waals surface area contributed by atoms with Crippen molar-refractivity contribution in [3.05, 3.63) is 16.1 Å². The first-order valence-corrected chi connectivity index (χ1v) is 7.53. The van der Waals surface area contributed by atoms with E-state index >= 15 is 0 Å². The van der Waals surface area contributed by atoms with Crippen LogP contribution in [-0.2, 0) is 12.3 Å². The Balaban J connectivity index is 2.40. The molecule has 110 valence electrons. The average molecular weight is 315 g/mol. The molecule has 0 aliphatic rings. The van der Waals surface area contributed by atoms with Crippen LogP contribution in [-0.4, -0.2) is 35.2 Å². The number of hydrogen-bond acceptors (Lipinski definition) is 3. The Morgan fingerprint density at radius 2 is 2.11 bits per heavy atom. The van der Waals surface area contributed by atoms with Crippen molar-refractivity contribution >= 4 is 22.9 Å². The largest absolute Gasteiger partial charge is 0.401 e. The van der Waals surface area contributed by atoms with E-state index in [1.54, 1.807) is 13.8 Å². The molecule has 0 aliphatic heterocycles. The molecule has 1 rings (SSSR count). The van der Waals surface area contributed by atoms with E-state index in [0.717, 1.165) is 10.7 Å². The molecule has 7 heteroatoms. The maximum Gasteiger partial charge on any atom is 0.401 e. The second-order valence-electron chi connectivity index (χ2n) is 4.65. The van der Waals surface area contributed by atoms with Gasteiger partial charge in [0.25, 0.3) is 0 Å². The van der Waals surface area contributed by atoms with Gasteiger partial charge in [0.2, 0.25) is 0 Å². The van der Waals surface area contributed by atoms with E-state index in [4.69, 9.17) is 11.6 Å². The number of halogens is 4. The summed E-state index contributed by atoms with van der Waals surface area (Å²) in [6.07, 6.45) is -2.77. The van der Waals surface area contributed by atoms with Crippen molar-refractivity contribution < 1.29 is 13.2 Å². The highest BCUT2D eigenvalue weighted by Crippen LogP contribution is 2.19. The van der Waals surface area contributed by atoms with Gasteiger partial charge in [-0.1, -0.05) is 0 Å². The molecule has 0 amide bonds. The molecule has 0 saturated heterocycles. The lowest BCUT2D eigenvalue weighted by Crippen LogP contribution is -2.39. The number of nitrogens with zero attached hydrogens (tertiary/aromatic N) is 2. The van der Waals surface area contributed by atoms with Crippen LogP contribution in [0.3, 0.4) is 0 Å². The lowest BCUT2D eigenvalue weighted by molar-refractivity contribution is -0.149. The van der Waals surface area contributed by atoms with Gasteiger partial charge in [-0.3, -0.25) is 4.90 Å². The maximum atomic E-state index is 12.4. The molecule has 0 aromatic carbocycles. The lowest BCUT2D eigenvalue weighted by atomic mass is 10.2. The van der Waals surface area contributed by atoms with Crippen LogP contribution < -0.4 is 0 Å². The molecule has 0 aliphatic carbocycles. The highest BCUT2D eigenvalue weighted by Gasteiger charge is 2.31. The van der Waals surface area contributed by atoms with Crippen LogP contribution in [0.4, 0.5) is 13.2 Å². The van der Waals surface area contributed by atoms with Crippen LogP contribution in [0.25, 0.3) is 0 Å². The van der Waals surface area contributed by atoms with Crippen molar-refractivity contribution in [2.75, 3.05) is 13.1 Å². The van der Waals surface area contributed by atoms with Gasteiger partial charge in [-0.15, -0.1) is 22.9 Å². The zero-order valence-electron chi connectivity index (χ0n) is 11.0. The van der Waals surface area contributed by atoms with E-state index < -0.39 is 12.7 Å². The molecule has 0 bridgehead atoms. The van der Waals surface area contributed by atoms with Gasteiger partial charge in [0.1, 0.15) is 0 Å². The first kappa shape index (κ1) is 16.7. The van der Waals surface area contributed by atoms with Crippen molar-refractivity contribution in [2.24, 2.45) is 0 Å². The van der Waals surface area contributed by atoms with Gasteiger partial charge in [0, 0.05) is 17.8 Å². The monoisotopic (exact) mass is 314 g/mol. The van der Waals surface area contributed by atoms with Crippen molar-refractivity contribution in [1.29, 1.82) is 0 Å². The summed E-state index contributed by atoms with van der Waals surface area (Å²) in [5.41, 5.74) is 0.831. The molecule has 0 atom stereocenters. The van der Waals surface area contributed by atoms with E-state index in [-0.39, 0.29) is 6.04 Å². The maximum absolute atomic E-state index is 12.4. The fraction of sp³-hybridized carbons (Fsp3) is 0.750. The average Bonchev–Trinajstić information content (AvgIpc) is 2.74. The normalized spacial score (nSPS) is 12.6. The molecule has 1 aromatic rings. The number of aromatic nitrogens is 1. The summed E-state index contributed by atoms with van der Waals surface area (Å²) >= 11 is 7.16. The molecular formula is C12H18ClF3N2S. The van der Waals surface area contributed by atoms with Gasteiger partial charge < -0.3 is 0 Å². The minimum atomic E-state index is -4.14. The Labute approximate surface area is 120 Å². The van der Waals surface area contributed by atoms with Crippen molar-refractivity contribution in [2.45, 2.75) is 44.8 Å². The van der Waals surface area contributed by atoms with E-state index in [1.165, 1.54) is 16.2 Å². The van der Waals surface area contributed by atoms with E-state index in [1.807, 2.05) is 5.38 Å². The zero-order chi connectivity index (χ0) is 14.5. The van der Waals surface area contributed by atoms with E-state index in [2.05, 4.69) is 4.98 Å². The molecule has 1 aromatic heterocycles. The van der Waals surface area contributed by atoms with E-state index in [0.29, 0.717) is 25.3 Å². The first-order valence-electron chi connectivity index (χ1n) is 6.12. The summed E-state index contributed by atoms with van der Waals surface area (Å²) in [4.78, 5) is 5.73. The quantitative estimate of drug-likeness (QED) is 0.705. The van der Waals surface area contributed by atoms with Gasteiger partial charge in [-0.05, 0) is 26.8 Å². The van der Waals surface area contributed by atoms with Crippen molar-refractivity contribution in [1.82, 2.24) is 9.88 Å². The number of hydrogen-bond donors (Lipinski definition) is 0. The van der Waals surface area contributed by atoms with Crippen molar-refractivity contribution in [3.8, 4) is 0 Å². The van der Waals surface area contributed by atoms with Crippen LogP contribution >= 0.6 is 22.9 Å². The molecule has 0 radical (unpaired) electrons. The highest BCUT2D eigenvalue weighted by atomic mass is 35.5. The molecule has 0 fully saturated rings. The number of alkyl halides is 4. The van der Waals surface area contributed by atoms with Crippen LogP contribution in [0.1, 0.15) is 31.0 Å². The van der Waals surface area contributed by atoms with Crippen LogP contribution in [0, 0.1) is 0 Å². The Kier molecular flexibility index (Phi) is 6.56. The number of thiazole rings is 1. The Hall–Kier alpha value is -0.330. The van der Waals surface area contributed by atoms with E-state index in [9.17, 15) is 13.2 Å². The Morgan fingerprint density at radius 1 is 1.42 bits per heavy atom. The minimum Gasteiger partial charge on any atom is -0.293 e. The zero-order valence-corrected chi connectivity index (χ0v) is 12.6. The van der Waals surface area contributed by atoms with Crippen LogP contribution in [0.5, 0.6) is 0 Å². The predicted octanol–water partition coefficient (Wildman–Crippen LogP) is 4.09. The summed E-state index contributed by atoms with van der Waals surface area (Å²) < 4.78 is 37.2. The summed E-state index contributed by atoms with van der Waals surface area (Å²) in [5, 5.41) is 2.82. The Morgan fingerprint density at radius 3 is 2.58 bits per heavy atom. The SMILES string of the molecule is CC(C)N(CCCc1nc(CCl)cs1)CC(F)(F)F. The number of aryl methyl sites for hydroxylation is 1. The molecule has 0 N–H and O–H groups in total. The molecule has 0 unspecified atom stereocenters. The number of rotatable bonds is 7. The smallest absolute Gasteiger partial charge is 0.293 e.